The van der Waals surface area contributed by atoms with E-state index >= 15 is 0 Å². The van der Waals surface area contributed by atoms with Crippen molar-refractivity contribution in [3.8, 4) is 0 Å². The number of rotatable bonds is 3. The van der Waals surface area contributed by atoms with Crippen molar-refractivity contribution >= 4 is 28.5 Å². The third kappa shape index (κ3) is 2.94. The molecule has 6 heteroatoms. The molecule has 1 aliphatic heterocycles. The zero-order valence-corrected chi connectivity index (χ0v) is 12.0. The van der Waals surface area contributed by atoms with Crippen LogP contribution in [0.2, 0.25) is 5.02 Å². The van der Waals surface area contributed by atoms with Gasteiger partial charge in [-0.2, -0.15) is 0 Å². The molecular formula is C15H14ClNO4. The summed E-state index contributed by atoms with van der Waals surface area (Å²) in [5.74, 6) is -0.457. The molecule has 1 amide bonds. The second-order valence-electron chi connectivity index (χ2n) is 4.95. The molecule has 1 saturated heterocycles. The van der Waals surface area contributed by atoms with Crippen LogP contribution in [0.4, 0.5) is 0 Å². The first-order valence-corrected chi connectivity index (χ1v) is 7.15. The standard InChI is InChI=1S/C15H14ClNO4/c16-12-5-1-3-9-7-11(15(19)21-13(9)12)14(18)17-8-10-4-2-6-20-10/h1,3,5,7,10H,2,4,6,8H2,(H,17,18). The van der Waals surface area contributed by atoms with Crippen LogP contribution in [0.3, 0.4) is 0 Å². The van der Waals surface area contributed by atoms with E-state index in [1.165, 1.54) is 6.07 Å². The van der Waals surface area contributed by atoms with E-state index in [0.29, 0.717) is 22.5 Å². The number of carbonyl (C=O) groups excluding carboxylic acids is 1. The van der Waals surface area contributed by atoms with E-state index in [4.69, 9.17) is 20.8 Å². The Hall–Kier alpha value is -1.85. The number of nitrogens with one attached hydrogen (secondary N) is 1. The van der Waals surface area contributed by atoms with Gasteiger partial charge in [-0.3, -0.25) is 4.79 Å². The molecule has 0 radical (unpaired) electrons. The molecule has 1 fully saturated rings. The third-order valence-corrected chi connectivity index (χ3v) is 3.77. The quantitative estimate of drug-likeness (QED) is 0.884. The van der Waals surface area contributed by atoms with E-state index in [1.807, 2.05) is 0 Å². The molecule has 0 aliphatic carbocycles. The van der Waals surface area contributed by atoms with Gasteiger partial charge in [0.15, 0.2) is 5.58 Å². The van der Waals surface area contributed by atoms with Crippen molar-refractivity contribution in [1.29, 1.82) is 0 Å². The van der Waals surface area contributed by atoms with Gasteiger partial charge < -0.3 is 14.5 Å². The van der Waals surface area contributed by atoms with E-state index in [0.717, 1.165) is 19.4 Å². The van der Waals surface area contributed by atoms with Crippen LogP contribution in [0.5, 0.6) is 0 Å². The zero-order valence-electron chi connectivity index (χ0n) is 11.2. The second kappa shape index (κ2) is 5.87. The summed E-state index contributed by atoms with van der Waals surface area (Å²) in [4.78, 5) is 24.0. The van der Waals surface area contributed by atoms with Crippen molar-refractivity contribution in [1.82, 2.24) is 5.32 Å². The van der Waals surface area contributed by atoms with Gasteiger partial charge in [0.25, 0.3) is 5.91 Å². The van der Waals surface area contributed by atoms with Gasteiger partial charge in [0.05, 0.1) is 11.1 Å². The number of fused-ring (bicyclic) bond motifs is 1. The highest BCUT2D eigenvalue weighted by Gasteiger charge is 2.19. The predicted molar refractivity (Wildman–Crippen MR) is 78.8 cm³/mol. The van der Waals surface area contributed by atoms with Crippen LogP contribution in [0.25, 0.3) is 11.0 Å². The van der Waals surface area contributed by atoms with Crippen LogP contribution >= 0.6 is 11.6 Å². The van der Waals surface area contributed by atoms with E-state index in [2.05, 4.69) is 5.32 Å². The number of amides is 1. The lowest BCUT2D eigenvalue weighted by Crippen LogP contribution is -2.34. The van der Waals surface area contributed by atoms with Crippen molar-refractivity contribution in [2.24, 2.45) is 0 Å². The van der Waals surface area contributed by atoms with Gasteiger partial charge in [0.1, 0.15) is 5.56 Å². The summed E-state index contributed by atoms with van der Waals surface area (Å²) >= 11 is 5.96. The fraction of sp³-hybridized carbons (Fsp3) is 0.333. The molecule has 5 nitrogen and oxygen atoms in total. The number of halogens is 1. The summed E-state index contributed by atoms with van der Waals surface area (Å²) < 4.78 is 10.6. The van der Waals surface area contributed by atoms with Crippen molar-refractivity contribution in [3.63, 3.8) is 0 Å². The molecule has 0 bridgehead atoms. The lowest BCUT2D eigenvalue weighted by molar-refractivity contribution is 0.0855. The Morgan fingerprint density at radius 2 is 2.29 bits per heavy atom. The highest BCUT2D eigenvalue weighted by atomic mass is 35.5. The maximum Gasteiger partial charge on any atom is 0.349 e. The van der Waals surface area contributed by atoms with Gasteiger partial charge >= 0.3 is 5.63 Å². The van der Waals surface area contributed by atoms with Crippen LogP contribution in [-0.2, 0) is 4.74 Å². The summed E-state index contributed by atoms with van der Waals surface area (Å²) in [7, 11) is 0. The normalized spacial score (nSPS) is 18.0. The van der Waals surface area contributed by atoms with Gasteiger partial charge in [-0.05, 0) is 25.0 Å². The number of ether oxygens (including phenoxy) is 1. The summed E-state index contributed by atoms with van der Waals surface area (Å²) in [5, 5.41) is 3.66. The Balaban J connectivity index is 1.84. The Morgan fingerprint density at radius 1 is 1.43 bits per heavy atom. The molecule has 110 valence electrons. The van der Waals surface area contributed by atoms with E-state index in [9.17, 15) is 9.59 Å². The van der Waals surface area contributed by atoms with Crippen LogP contribution in [0.15, 0.2) is 33.5 Å². The minimum atomic E-state index is -0.694. The molecule has 0 spiro atoms. The fourth-order valence-electron chi connectivity index (χ4n) is 2.37. The van der Waals surface area contributed by atoms with Crippen LogP contribution < -0.4 is 10.9 Å². The number of para-hydroxylation sites is 1. The first-order valence-electron chi connectivity index (χ1n) is 6.77. The molecular weight excluding hydrogens is 294 g/mol. The topological polar surface area (TPSA) is 68.5 Å². The zero-order chi connectivity index (χ0) is 14.8. The SMILES string of the molecule is O=C(NCC1CCCO1)c1cc2cccc(Cl)c2oc1=O. The van der Waals surface area contributed by atoms with Crippen molar-refractivity contribution in [3.05, 3.63) is 45.3 Å². The molecule has 1 aromatic heterocycles. The maximum atomic E-state index is 12.1. The summed E-state index contributed by atoms with van der Waals surface area (Å²) in [5.41, 5.74) is -0.428. The smallest absolute Gasteiger partial charge is 0.349 e. The molecule has 1 atom stereocenters. The van der Waals surface area contributed by atoms with Gasteiger partial charge in [0, 0.05) is 18.5 Å². The Labute approximate surface area is 125 Å². The predicted octanol–water partition coefficient (Wildman–Crippen LogP) is 2.36. The van der Waals surface area contributed by atoms with E-state index < -0.39 is 11.5 Å². The van der Waals surface area contributed by atoms with Gasteiger partial charge in [0.2, 0.25) is 0 Å². The first-order chi connectivity index (χ1) is 10.1. The van der Waals surface area contributed by atoms with Crippen LogP contribution in [0, 0.1) is 0 Å². The summed E-state index contributed by atoms with van der Waals surface area (Å²) in [6.45, 7) is 1.11. The average Bonchev–Trinajstić information content (AvgIpc) is 2.98. The number of hydrogen-bond donors (Lipinski definition) is 1. The Morgan fingerprint density at radius 3 is 3.05 bits per heavy atom. The molecule has 1 N–H and O–H groups in total. The average molecular weight is 308 g/mol. The minimum absolute atomic E-state index is 0.0240. The largest absolute Gasteiger partial charge is 0.421 e. The molecule has 1 aliphatic rings. The molecule has 1 unspecified atom stereocenters. The molecule has 21 heavy (non-hydrogen) atoms. The lowest BCUT2D eigenvalue weighted by Gasteiger charge is -2.10. The van der Waals surface area contributed by atoms with E-state index in [1.54, 1.807) is 18.2 Å². The first kappa shape index (κ1) is 14.1. The number of benzene rings is 1. The molecule has 2 aromatic rings. The molecule has 1 aromatic carbocycles. The fourth-order valence-corrected chi connectivity index (χ4v) is 2.59. The Bertz CT molecular complexity index is 734. The highest BCUT2D eigenvalue weighted by Crippen LogP contribution is 2.22. The van der Waals surface area contributed by atoms with Crippen molar-refractivity contribution < 1.29 is 13.9 Å². The third-order valence-electron chi connectivity index (χ3n) is 3.47. The maximum absolute atomic E-state index is 12.1. The molecule has 3 rings (SSSR count). The Kier molecular flexibility index (Phi) is 3.94. The van der Waals surface area contributed by atoms with Crippen molar-refractivity contribution in [2.75, 3.05) is 13.2 Å². The van der Waals surface area contributed by atoms with Crippen LogP contribution in [-0.4, -0.2) is 25.2 Å². The van der Waals surface area contributed by atoms with Gasteiger partial charge in [-0.1, -0.05) is 23.7 Å². The number of carbonyl (C=O) groups is 1. The van der Waals surface area contributed by atoms with Gasteiger partial charge in [-0.15, -0.1) is 0 Å². The summed E-state index contributed by atoms with van der Waals surface area (Å²) in [6.07, 6.45) is 1.94. The second-order valence-corrected chi connectivity index (χ2v) is 5.36. The van der Waals surface area contributed by atoms with Gasteiger partial charge in [-0.25, -0.2) is 4.79 Å². The molecule has 0 saturated carbocycles. The van der Waals surface area contributed by atoms with E-state index in [-0.39, 0.29) is 11.7 Å². The highest BCUT2D eigenvalue weighted by molar-refractivity contribution is 6.34. The minimum Gasteiger partial charge on any atom is -0.421 e. The van der Waals surface area contributed by atoms with Crippen molar-refractivity contribution in [2.45, 2.75) is 18.9 Å². The van der Waals surface area contributed by atoms with Crippen LogP contribution in [0.1, 0.15) is 23.2 Å². The lowest BCUT2D eigenvalue weighted by atomic mass is 10.1. The molecule has 2 heterocycles. The summed E-state index contributed by atoms with van der Waals surface area (Å²) in [6, 6.07) is 6.60. The number of hydrogen-bond acceptors (Lipinski definition) is 4. The monoisotopic (exact) mass is 307 g/mol.